The Labute approximate surface area is 185 Å². The molecule has 0 saturated heterocycles. The van der Waals surface area contributed by atoms with Crippen LogP contribution in [-0.4, -0.2) is 22.9 Å². The Hall–Kier alpha value is -3.93. The zero-order valence-corrected chi connectivity index (χ0v) is 17.6. The van der Waals surface area contributed by atoms with Crippen LogP contribution in [0.1, 0.15) is 28.0 Å². The van der Waals surface area contributed by atoms with E-state index >= 15 is 0 Å². The molecule has 0 aliphatic rings. The van der Waals surface area contributed by atoms with Gasteiger partial charge in [0.25, 0.3) is 5.91 Å². The molecule has 162 valence electrons. The summed E-state index contributed by atoms with van der Waals surface area (Å²) in [6.07, 6.45) is 0.173. The molecule has 4 aromatic rings. The lowest BCUT2D eigenvalue weighted by Crippen LogP contribution is -2.31. The molecular formula is C26H24FN3O2. The van der Waals surface area contributed by atoms with Crippen molar-refractivity contribution >= 4 is 22.7 Å². The molecule has 0 saturated carbocycles. The molecule has 0 unspecified atom stereocenters. The molecule has 0 radical (unpaired) electrons. The van der Waals surface area contributed by atoms with Crippen LogP contribution in [0.15, 0.2) is 84.9 Å². The zero-order valence-electron chi connectivity index (χ0n) is 17.6. The second kappa shape index (κ2) is 9.92. The number of fused-ring (bicyclic) bond motifs is 1. The molecule has 3 aromatic carbocycles. The third kappa shape index (κ3) is 5.03. The van der Waals surface area contributed by atoms with E-state index in [-0.39, 0.29) is 37.1 Å². The molecule has 0 fully saturated rings. The third-order valence-electron chi connectivity index (χ3n) is 5.30. The minimum absolute atomic E-state index is 0.138. The molecule has 4 rings (SSSR count). The number of hydrogen-bond acceptors (Lipinski definition) is 2. The summed E-state index contributed by atoms with van der Waals surface area (Å²) in [4.78, 5) is 25.0. The number of rotatable bonds is 8. The van der Waals surface area contributed by atoms with E-state index in [4.69, 9.17) is 0 Å². The van der Waals surface area contributed by atoms with E-state index in [1.807, 2.05) is 54.6 Å². The lowest BCUT2D eigenvalue weighted by atomic mass is 10.2. The van der Waals surface area contributed by atoms with Crippen molar-refractivity contribution in [3.63, 3.8) is 0 Å². The summed E-state index contributed by atoms with van der Waals surface area (Å²) in [5.74, 6) is -0.749. The second-order valence-corrected chi connectivity index (χ2v) is 7.53. The molecule has 6 heteroatoms. The van der Waals surface area contributed by atoms with Crippen LogP contribution >= 0.6 is 0 Å². The van der Waals surface area contributed by atoms with Gasteiger partial charge < -0.3 is 15.2 Å². The van der Waals surface area contributed by atoms with E-state index in [1.54, 1.807) is 28.8 Å². The topological polar surface area (TPSA) is 63.1 Å². The maximum absolute atomic E-state index is 14.2. The van der Waals surface area contributed by atoms with Crippen molar-refractivity contribution in [2.45, 2.75) is 19.5 Å². The molecule has 1 heterocycles. The van der Waals surface area contributed by atoms with Gasteiger partial charge in [0.05, 0.1) is 6.54 Å². The second-order valence-electron chi connectivity index (χ2n) is 7.53. The summed E-state index contributed by atoms with van der Waals surface area (Å²) >= 11 is 0. The number of nitrogens with one attached hydrogen (secondary N) is 2. The normalized spacial score (nSPS) is 10.8. The number of aromatic nitrogens is 1. The van der Waals surface area contributed by atoms with Crippen LogP contribution in [0.4, 0.5) is 4.39 Å². The number of carbonyl (C=O) groups is 2. The van der Waals surface area contributed by atoms with Gasteiger partial charge in [0, 0.05) is 36.0 Å². The van der Waals surface area contributed by atoms with Crippen LogP contribution in [0.2, 0.25) is 0 Å². The number of carbonyl (C=O) groups excluding carboxylic acids is 2. The molecule has 0 bridgehead atoms. The lowest BCUT2D eigenvalue weighted by Gasteiger charge is -2.12. The van der Waals surface area contributed by atoms with Crippen molar-refractivity contribution in [1.82, 2.24) is 15.2 Å². The average molecular weight is 429 g/mol. The number of amides is 2. The summed E-state index contributed by atoms with van der Waals surface area (Å²) in [7, 11) is 0. The van der Waals surface area contributed by atoms with Gasteiger partial charge in [-0.1, -0.05) is 66.7 Å². The number of nitrogens with zero attached hydrogens (tertiary/aromatic N) is 1. The molecule has 0 aliphatic carbocycles. The van der Waals surface area contributed by atoms with Crippen LogP contribution in [0.25, 0.3) is 10.9 Å². The summed E-state index contributed by atoms with van der Waals surface area (Å²) in [5.41, 5.74) is 2.80. The minimum Gasteiger partial charge on any atom is -0.352 e. The van der Waals surface area contributed by atoms with Gasteiger partial charge in [-0.2, -0.15) is 0 Å². The highest BCUT2D eigenvalue weighted by Gasteiger charge is 2.17. The van der Waals surface area contributed by atoms with E-state index in [9.17, 15) is 14.0 Å². The standard InChI is InChI=1S/C26H24FN3O2/c27-22-12-6-4-11-21(22)18-30-23-13-7-5-10-20(23)16-24(30)26(32)28-15-14-25(31)29-17-19-8-2-1-3-9-19/h1-13,16H,14-15,17-18H2,(H,28,32)(H,29,31). The first-order valence-corrected chi connectivity index (χ1v) is 10.5. The fourth-order valence-corrected chi connectivity index (χ4v) is 3.63. The van der Waals surface area contributed by atoms with Gasteiger partial charge in [-0.05, 0) is 23.8 Å². The smallest absolute Gasteiger partial charge is 0.267 e. The fraction of sp³-hybridized carbons (Fsp3) is 0.154. The Morgan fingerprint density at radius 1 is 0.844 bits per heavy atom. The largest absolute Gasteiger partial charge is 0.352 e. The first kappa shape index (κ1) is 21.3. The van der Waals surface area contributed by atoms with Crippen LogP contribution in [0, 0.1) is 5.82 Å². The Morgan fingerprint density at radius 2 is 1.56 bits per heavy atom. The monoisotopic (exact) mass is 429 g/mol. The molecule has 32 heavy (non-hydrogen) atoms. The molecule has 0 aliphatic heterocycles. The number of hydrogen-bond donors (Lipinski definition) is 2. The van der Waals surface area contributed by atoms with Crippen molar-refractivity contribution in [1.29, 1.82) is 0 Å². The average Bonchev–Trinajstić information content (AvgIpc) is 3.18. The number of benzene rings is 3. The summed E-state index contributed by atoms with van der Waals surface area (Å²) in [6, 6.07) is 25.6. The number of halogens is 1. The van der Waals surface area contributed by atoms with Crippen LogP contribution in [-0.2, 0) is 17.9 Å². The third-order valence-corrected chi connectivity index (χ3v) is 5.30. The van der Waals surface area contributed by atoms with E-state index in [0.29, 0.717) is 17.8 Å². The SMILES string of the molecule is O=C(CCNC(=O)c1cc2ccccc2n1Cc1ccccc1F)NCc1ccccc1. The highest BCUT2D eigenvalue weighted by molar-refractivity contribution is 5.99. The molecule has 0 spiro atoms. The van der Waals surface area contributed by atoms with Crippen molar-refractivity contribution in [2.24, 2.45) is 0 Å². The van der Waals surface area contributed by atoms with Gasteiger partial charge in [0.2, 0.25) is 5.91 Å². The van der Waals surface area contributed by atoms with Gasteiger partial charge in [-0.25, -0.2) is 4.39 Å². The Kier molecular flexibility index (Phi) is 6.60. The molecule has 2 N–H and O–H groups in total. The maximum atomic E-state index is 14.2. The van der Waals surface area contributed by atoms with Gasteiger partial charge >= 0.3 is 0 Å². The highest BCUT2D eigenvalue weighted by atomic mass is 19.1. The van der Waals surface area contributed by atoms with Crippen LogP contribution < -0.4 is 10.6 Å². The van der Waals surface area contributed by atoms with Crippen molar-refractivity contribution in [2.75, 3.05) is 6.54 Å². The summed E-state index contributed by atoms with van der Waals surface area (Å²) in [6.45, 7) is 0.895. The van der Waals surface area contributed by atoms with Gasteiger partial charge in [0.1, 0.15) is 11.5 Å². The summed E-state index contributed by atoms with van der Waals surface area (Å²) in [5, 5.41) is 6.56. The summed E-state index contributed by atoms with van der Waals surface area (Å²) < 4.78 is 16.0. The zero-order chi connectivity index (χ0) is 22.3. The van der Waals surface area contributed by atoms with E-state index in [0.717, 1.165) is 16.5 Å². The minimum atomic E-state index is -0.313. The predicted octanol–water partition coefficient (Wildman–Crippen LogP) is 4.27. The van der Waals surface area contributed by atoms with Crippen LogP contribution in [0.3, 0.4) is 0 Å². The molecular weight excluding hydrogens is 405 g/mol. The fourth-order valence-electron chi connectivity index (χ4n) is 3.63. The highest BCUT2D eigenvalue weighted by Crippen LogP contribution is 2.22. The first-order chi connectivity index (χ1) is 15.6. The Morgan fingerprint density at radius 3 is 2.38 bits per heavy atom. The van der Waals surface area contributed by atoms with Crippen LogP contribution in [0.5, 0.6) is 0 Å². The van der Waals surface area contributed by atoms with E-state index in [2.05, 4.69) is 10.6 Å². The predicted molar refractivity (Wildman–Crippen MR) is 123 cm³/mol. The molecule has 2 amide bonds. The van der Waals surface area contributed by atoms with Gasteiger partial charge in [-0.3, -0.25) is 9.59 Å². The quantitative estimate of drug-likeness (QED) is 0.440. The lowest BCUT2D eigenvalue weighted by molar-refractivity contribution is -0.121. The Bertz CT molecular complexity index is 1230. The van der Waals surface area contributed by atoms with Crippen molar-refractivity contribution in [3.8, 4) is 0 Å². The van der Waals surface area contributed by atoms with Gasteiger partial charge in [-0.15, -0.1) is 0 Å². The Balaban J connectivity index is 1.42. The van der Waals surface area contributed by atoms with Crippen molar-refractivity contribution in [3.05, 3.63) is 108 Å². The number of para-hydroxylation sites is 1. The van der Waals surface area contributed by atoms with Crippen molar-refractivity contribution < 1.29 is 14.0 Å². The van der Waals surface area contributed by atoms with E-state index < -0.39 is 0 Å². The van der Waals surface area contributed by atoms with E-state index in [1.165, 1.54) is 6.07 Å². The first-order valence-electron chi connectivity index (χ1n) is 10.5. The molecule has 1 aromatic heterocycles. The molecule has 0 atom stereocenters. The maximum Gasteiger partial charge on any atom is 0.267 e. The van der Waals surface area contributed by atoms with Gasteiger partial charge in [0.15, 0.2) is 0 Å². The molecule has 5 nitrogen and oxygen atoms in total.